The number of amides is 7. The number of nitrogens with zero attached hydrogens (tertiary/aromatic N) is 1. The van der Waals surface area contributed by atoms with Gasteiger partial charge in [0.05, 0.1) is 19.7 Å². The number of carbonyl (C=O) groups excluding carboxylic acids is 7. The van der Waals surface area contributed by atoms with Crippen molar-refractivity contribution in [3.05, 3.63) is 29.8 Å². The van der Waals surface area contributed by atoms with E-state index >= 15 is 0 Å². The Morgan fingerprint density at radius 3 is 2.15 bits per heavy atom. The van der Waals surface area contributed by atoms with Gasteiger partial charge in [-0.05, 0) is 55.7 Å². The molecule has 1 aromatic carbocycles. The van der Waals surface area contributed by atoms with E-state index in [2.05, 4.69) is 31.9 Å². The number of phenolic OH excluding ortho intramolecular Hbond substituents is 1. The van der Waals surface area contributed by atoms with Crippen molar-refractivity contribution in [1.29, 1.82) is 5.41 Å². The summed E-state index contributed by atoms with van der Waals surface area (Å²) in [7, 11) is 0. The number of benzene rings is 1. The van der Waals surface area contributed by atoms with Crippen LogP contribution in [0.5, 0.6) is 5.75 Å². The summed E-state index contributed by atoms with van der Waals surface area (Å²) in [5.74, 6) is -5.28. The number of hydrogen-bond donors (Lipinski definition) is 12. The van der Waals surface area contributed by atoms with Gasteiger partial charge in [-0.1, -0.05) is 26.0 Å². The van der Waals surface area contributed by atoms with Crippen molar-refractivity contribution in [2.75, 3.05) is 32.8 Å². The van der Waals surface area contributed by atoms with Crippen LogP contribution in [-0.4, -0.2) is 125 Å². The fraction of sp³-hybridized carbons (Fsp3) is 0.576. The number of carbonyl (C=O) groups is 7. The van der Waals surface area contributed by atoms with Crippen LogP contribution < -0.4 is 49.1 Å². The molecule has 0 radical (unpaired) electrons. The molecule has 15 N–H and O–H groups in total. The van der Waals surface area contributed by atoms with Crippen molar-refractivity contribution in [1.82, 2.24) is 36.8 Å². The monoisotopic (exact) mass is 747 g/mol. The zero-order valence-electron chi connectivity index (χ0n) is 30.0. The van der Waals surface area contributed by atoms with Gasteiger partial charge in [0.15, 0.2) is 5.96 Å². The number of guanidine groups is 1. The SMILES string of the molecule is CC(C)C[C@H](NC(=O)CNC(=O)[C@H](Cc1ccc(O)cc1)NC(=O)[C@@H](N)CO)C(=O)N[C@@H](CCCNC(=N)N)C(=O)N1CCC[C@H]1C(=O)NCC(N)=O. The van der Waals surface area contributed by atoms with Crippen molar-refractivity contribution in [3.8, 4) is 5.75 Å². The summed E-state index contributed by atoms with van der Waals surface area (Å²) in [4.78, 5) is 91.5. The molecule has 20 heteroatoms. The lowest BCUT2D eigenvalue weighted by molar-refractivity contribution is -0.142. The van der Waals surface area contributed by atoms with E-state index in [4.69, 9.17) is 22.6 Å². The van der Waals surface area contributed by atoms with E-state index in [1.807, 2.05) is 13.8 Å². The largest absolute Gasteiger partial charge is 0.508 e. The van der Waals surface area contributed by atoms with Gasteiger partial charge >= 0.3 is 0 Å². The molecule has 1 heterocycles. The van der Waals surface area contributed by atoms with Crippen LogP contribution in [0.25, 0.3) is 0 Å². The first-order valence-corrected chi connectivity index (χ1v) is 17.3. The minimum Gasteiger partial charge on any atom is -0.508 e. The van der Waals surface area contributed by atoms with Crippen molar-refractivity contribution in [3.63, 3.8) is 0 Å². The van der Waals surface area contributed by atoms with Crippen molar-refractivity contribution >= 4 is 47.3 Å². The molecule has 0 spiro atoms. The minimum absolute atomic E-state index is 0.0110. The first kappa shape index (κ1) is 43.7. The number of nitrogens with one attached hydrogen (secondary N) is 7. The van der Waals surface area contributed by atoms with Crippen LogP contribution in [0, 0.1) is 11.3 Å². The Labute approximate surface area is 307 Å². The van der Waals surface area contributed by atoms with Gasteiger partial charge in [0.25, 0.3) is 0 Å². The lowest BCUT2D eigenvalue weighted by atomic mass is 10.0. The van der Waals surface area contributed by atoms with Gasteiger partial charge in [0, 0.05) is 19.5 Å². The summed E-state index contributed by atoms with van der Waals surface area (Å²) < 4.78 is 0. The number of primary amides is 1. The second-order valence-corrected chi connectivity index (χ2v) is 13.1. The third-order valence-electron chi connectivity index (χ3n) is 8.20. The van der Waals surface area contributed by atoms with E-state index in [-0.39, 0.29) is 50.0 Å². The van der Waals surface area contributed by atoms with Crippen LogP contribution in [-0.2, 0) is 40.0 Å². The highest BCUT2D eigenvalue weighted by atomic mass is 16.3. The van der Waals surface area contributed by atoms with Crippen LogP contribution in [0.1, 0.15) is 51.5 Å². The zero-order chi connectivity index (χ0) is 39.7. The predicted octanol–water partition coefficient (Wildman–Crippen LogP) is -4.27. The summed E-state index contributed by atoms with van der Waals surface area (Å²) in [5.41, 5.74) is 16.7. The van der Waals surface area contributed by atoms with Crippen LogP contribution in [0.15, 0.2) is 24.3 Å². The van der Waals surface area contributed by atoms with Crippen LogP contribution in [0.2, 0.25) is 0 Å². The first-order chi connectivity index (χ1) is 25.0. The van der Waals surface area contributed by atoms with Crippen LogP contribution >= 0.6 is 0 Å². The van der Waals surface area contributed by atoms with Gasteiger partial charge in [-0.15, -0.1) is 0 Å². The third-order valence-corrected chi connectivity index (χ3v) is 8.20. The maximum Gasteiger partial charge on any atom is 0.245 e. The Morgan fingerprint density at radius 2 is 1.55 bits per heavy atom. The van der Waals surface area contributed by atoms with Crippen molar-refractivity contribution in [2.45, 2.75) is 82.6 Å². The fourth-order valence-corrected chi connectivity index (χ4v) is 5.53. The lowest BCUT2D eigenvalue weighted by Crippen LogP contribution is -2.58. The molecule has 1 aliphatic rings. The number of aliphatic hydroxyl groups is 1. The molecule has 0 aliphatic carbocycles. The second-order valence-electron chi connectivity index (χ2n) is 13.1. The van der Waals surface area contributed by atoms with E-state index in [1.165, 1.54) is 29.2 Å². The van der Waals surface area contributed by atoms with Crippen molar-refractivity contribution in [2.24, 2.45) is 23.1 Å². The quantitative estimate of drug-likeness (QED) is 0.0323. The van der Waals surface area contributed by atoms with E-state index in [0.717, 1.165) is 0 Å². The number of nitrogens with two attached hydrogens (primary N) is 3. The molecule has 0 unspecified atom stereocenters. The Balaban J connectivity index is 2.18. The maximum atomic E-state index is 13.8. The highest BCUT2D eigenvalue weighted by Crippen LogP contribution is 2.20. The predicted molar refractivity (Wildman–Crippen MR) is 191 cm³/mol. The summed E-state index contributed by atoms with van der Waals surface area (Å²) >= 11 is 0. The molecule has 5 atom stereocenters. The van der Waals surface area contributed by atoms with Crippen LogP contribution in [0.4, 0.5) is 0 Å². The van der Waals surface area contributed by atoms with Gasteiger partial charge in [-0.25, -0.2) is 0 Å². The Morgan fingerprint density at radius 1 is 0.887 bits per heavy atom. The molecule has 20 nitrogen and oxygen atoms in total. The average molecular weight is 748 g/mol. The molecule has 1 aromatic rings. The third kappa shape index (κ3) is 15.3. The molecule has 294 valence electrons. The number of phenols is 1. The Bertz CT molecular complexity index is 1460. The molecular formula is C33H53N11O9. The molecule has 0 aromatic heterocycles. The molecule has 1 fully saturated rings. The number of aliphatic hydroxyl groups excluding tert-OH is 1. The summed E-state index contributed by atoms with van der Waals surface area (Å²) in [5, 5.41) is 41.4. The summed E-state index contributed by atoms with van der Waals surface area (Å²) in [6.07, 6.45) is 1.31. The van der Waals surface area contributed by atoms with E-state index in [0.29, 0.717) is 24.8 Å². The number of rotatable bonds is 21. The van der Waals surface area contributed by atoms with Gasteiger partial charge in [0.2, 0.25) is 41.4 Å². The Hall–Kier alpha value is -5.50. The van der Waals surface area contributed by atoms with Crippen molar-refractivity contribution < 1.29 is 43.8 Å². The lowest BCUT2D eigenvalue weighted by Gasteiger charge is -2.30. The fourth-order valence-electron chi connectivity index (χ4n) is 5.53. The molecule has 7 amide bonds. The molecule has 53 heavy (non-hydrogen) atoms. The minimum atomic E-state index is -1.31. The highest BCUT2D eigenvalue weighted by molar-refractivity contribution is 5.96. The molecule has 1 aliphatic heterocycles. The topological polar surface area (TPSA) is 337 Å². The number of hydrogen-bond acceptors (Lipinski definition) is 11. The van der Waals surface area contributed by atoms with E-state index in [1.54, 1.807) is 0 Å². The summed E-state index contributed by atoms with van der Waals surface area (Å²) in [6.45, 7) is 2.39. The van der Waals surface area contributed by atoms with E-state index < -0.39 is 91.3 Å². The van der Waals surface area contributed by atoms with Crippen LogP contribution in [0.3, 0.4) is 0 Å². The smallest absolute Gasteiger partial charge is 0.245 e. The summed E-state index contributed by atoms with van der Waals surface area (Å²) in [6, 6.07) is 0.166. The van der Waals surface area contributed by atoms with E-state index in [9.17, 15) is 43.8 Å². The molecule has 2 rings (SSSR count). The highest BCUT2D eigenvalue weighted by Gasteiger charge is 2.38. The van der Waals surface area contributed by atoms with Gasteiger partial charge < -0.3 is 64.2 Å². The first-order valence-electron chi connectivity index (χ1n) is 17.3. The maximum absolute atomic E-state index is 13.8. The second kappa shape index (κ2) is 21.8. The molecule has 0 saturated carbocycles. The molecule has 0 bridgehead atoms. The molecular weight excluding hydrogens is 694 g/mol. The standard InChI is InChI=1S/C33H53N11O9/c1-18(2)13-23(41-27(48)16-40-29(50)24(43-28(49)21(34)17-45)14-19-7-9-20(46)10-8-19)30(51)42-22(5-3-11-38-33(36)37)32(53)44-12-4-6-25(44)31(52)39-15-26(35)47/h7-10,18,21-25,45-46H,3-6,11-17,34H2,1-2H3,(H2,35,47)(H,39,52)(H,40,50)(H,41,48)(H,42,51)(H,43,49)(H4,36,37,38)/t21-,22-,23-,24-,25-/m0/s1. The molecule has 1 saturated heterocycles. The average Bonchev–Trinajstić information content (AvgIpc) is 3.60. The van der Waals surface area contributed by atoms with Gasteiger partial charge in [-0.2, -0.15) is 0 Å². The Kier molecular flexibility index (Phi) is 17.9. The normalized spacial score (nSPS) is 16.0. The number of aromatic hydroxyl groups is 1. The van der Waals surface area contributed by atoms with Gasteiger partial charge in [0.1, 0.15) is 36.0 Å². The zero-order valence-corrected chi connectivity index (χ0v) is 30.0. The number of likely N-dealkylation sites (tertiary alicyclic amines) is 1. The van der Waals surface area contributed by atoms with Gasteiger partial charge in [-0.3, -0.25) is 39.0 Å².